The second-order valence-electron chi connectivity index (χ2n) is 9.12. The number of carbonyl (C=O) groups is 3. The van der Waals surface area contributed by atoms with E-state index in [9.17, 15) is 14.4 Å². The molecule has 0 aromatic heterocycles. The summed E-state index contributed by atoms with van der Waals surface area (Å²) in [6, 6.07) is 20.8. The van der Waals surface area contributed by atoms with E-state index in [4.69, 9.17) is 0 Å². The molecule has 0 spiro atoms. The molecule has 0 saturated carbocycles. The van der Waals surface area contributed by atoms with Crippen LogP contribution in [0.1, 0.15) is 56.8 Å². The van der Waals surface area contributed by atoms with E-state index in [1.54, 1.807) is 29.2 Å². The van der Waals surface area contributed by atoms with Crippen molar-refractivity contribution in [1.82, 2.24) is 4.90 Å². The zero-order valence-electron chi connectivity index (χ0n) is 19.5. The van der Waals surface area contributed by atoms with Crippen LogP contribution in [-0.4, -0.2) is 35.2 Å². The maximum absolute atomic E-state index is 13.6. The number of hydrogen-bond donors (Lipinski definition) is 1. The van der Waals surface area contributed by atoms with Crippen molar-refractivity contribution in [2.45, 2.75) is 39.3 Å². The Hall–Kier alpha value is -3.93. The Morgan fingerprint density at radius 3 is 2.18 bits per heavy atom. The van der Waals surface area contributed by atoms with E-state index < -0.39 is 11.8 Å². The molecule has 6 heteroatoms. The van der Waals surface area contributed by atoms with Crippen LogP contribution in [0.2, 0.25) is 0 Å². The summed E-state index contributed by atoms with van der Waals surface area (Å²) in [6.45, 7) is 5.80. The van der Waals surface area contributed by atoms with Crippen molar-refractivity contribution >= 4 is 29.1 Å². The number of nitrogens with one attached hydrogen (secondary N) is 1. The number of amides is 3. The summed E-state index contributed by atoms with van der Waals surface area (Å²) in [5.41, 5.74) is 5.81. The maximum atomic E-state index is 13.6. The molecule has 0 aliphatic carbocycles. The number of hydrogen-bond acceptors (Lipinski definition) is 4. The molecule has 2 atom stereocenters. The van der Waals surface area contributed by atoms with E-state index in [0.29, 0.717) is 17.5 Å². The maximum Gasteiger partial charge on any atom is 0.262 e. The lowest BCUT2D eigenvalue weighted by Crippen LogP contribution is -2.49. The first-order valence-corrected chi connectivity index (χ1v) is 11.6. The van der Waals surface area contributed by atoms with Gasteiger partial charge >= 0.3 is 0 Å². The molecule has 0 unspecified atom stereocenters. The first kappa shape index (κ1) is 21.9. The minimum atomic E-state index is -0.414. The molecule has 172 valence electrons. The lowest BCUT2D eigenvalue weighted by atomic mass is 9.89. The van der Waals surface area contributed by atoms with Crippen molar-refractivity contribution in [2.75, 3.05) is 16.8 Å². The van der Waals surface area contributed by atoms with E-state index in [2.05, 4.69) is 24.4 Å². The molecule has 3 amide bonds. The molecule has 1 N–H and O–H groups in total. The Morgan fingerprint density at radius 2 is 1.50 bits per heavy atom. The van der Waals surface area contributed by atoms with Crippen molar-refractivity contribution in [3.63, 3.8) is 0 Å². The first-order valence-electron chi connectivity index (χ1n) is 11.6. The zero-order valence-corrected chi connectivity index (χ0v) is 19.5. The molecule has 0 radical (unpaired) electrons. The molecule has 2 aliphatic heterocycles. The third-order valence-electron chi connectivity index (χ3n) is 6.82. The number of fused-ring (bicyclic) bond motifs is 2. The Morgan fingerprint density at radius 1 is 0.882 bits per heavy atom. The van der Waals surface area contributed by atoms with E-state index >= 15 is 0 Å². The Balaban J connectivity index is 1.45. The predicted molar refractivity (Wildman–Crippen MR) is 132 cm³/mol. The summed E-state index contributed by atoms with van der Waals surface area (Å²) in [6.07, 6.45) is 0.707. The molecule has 3 aromatic carbocycles. The molecule has 5 rings (SSSR count). The zero-order chi connectivity index (χ0) is 24.0. The second kappa shape index (κ2) is 8.45. The fourth-order valence-electron chi connectivity index (χ4n) is 5.11. The van der Waals surface area contributed by atoms with Gasteiger partial charge in [-0.25, -0.2) is 0 Å². The highest BCUT2D eigenvalue weighted by Crippen LogP contribution is 2.41. The largest absolute Gasteiger partial charge is 0.378 e. The van der Waals surface area contributed by atoms with Crippen LogP contribution in [0.15, 0.2) is 66.7 Å². The number of rotatable bonds is 4. The Kier molecular flexibility index (Phi) is 5.44. The van der Waals surface area contributed by atoms with Gasteiger partial charge in [-0.05, 0) is 62.1 Å². The minimum absolute atomic E-state index is 0.0364. The van der Waals surface area contributed by atoms with Gasteiger partial charge in [0.15, 0.2) is 0 Å². The monoisotopic (exact) mass is 453 g/mol. The third kappa shape index (κ3) is 3.55. The summed E-state index contributed by atoms with van der Waals surface area (Å²) < 4.78 is 0. The highest BCUT2D eigenvalue weighted by Gasteiger charge is 2.40. The third-order valence-corrected chi connectivity index (χ3v) is 6.82. The van der Waals surface area contributed by atoms with Crippen LogP contribution in [0.25, 0.3) is 0 Å². The van der Waals surface area contributed by atoms with Crippen LogP contribution in [0.5, 0.6) is 0 Å². The topological polar surface area (TPSA) is 69.7 Å². The Labute approximate surface area is 199 Å². The SMILES string of the molecule is Cc1ccccc1N[C@@H]1C[C@H](C)N(C(=O)CN2C(=O)c3ccccc3C2=O)c2c(C)cccc21. The van der Waals surface area contributed by atoms with Crippen LogP contribution in [0.3, 0.4) is 0 Å². The molecular formula is C28H27N3O3. The second-order valence-corrected chi connectivity index (χ2v) is 9.12. The van der Waals surface area contributed by atoms with Crippen molar-refractivity contribution in [3.8, 4) is 0 Å². The molecule has 6 nitrogen and oxygen atoms in total. The number of aryl methyl sites for hydroxylation is 2. The summed E-state index contributed by atoms with van der Waals surface area (Å²) >= 11 is 0. The van der Waals surface area contributed by atoms with Gasteiger partial charge in [0.25, 0.3) is 11.8 Å². The quantitative estimate of drug-likeness (QED) is 0.572. The number of anilines is 2. The van der Waals surface area contributed by atoms with Crippen LogP contribution in [0, 0.1) is 13.8 Å². The number of carbonyl (C=O) groups excluding carboxylic acids is 3. The van der Waals surface area contributed by atoms with Gasteiger partial charge in [-0.3, -0.25) is 19.3 Å². The summed E-state index contributed by atoms with van der Waals surface area (Å²) in [5.74, 6) is -1.09. The van der Waals surface area contributed by atoms with Crippen LogP contribution in [-0.2, 0) is 4.79 Å². The minimum Gasteiger partial charge on any atom is -0.378 e. The van der Waals surface area contributed by atoms with Gasteiger partial charge in [0, 0.05) is 11.7 Å². The highest BCUT2D eigenvalue weighted by atomic mass is 16.2. The fourth-order valence-corrected chi connectivity index (χ4v) is 5.11. The number of benzene rings is 3. The van der Waals surface area contributed by atoms with Crippen LogP contribution < -0.4 is 10.2 Å². The molecule has 3 aromatic rings. The molecule has 2 aliphatic rings. The van der Waals surface area contributed by atoms with Crippen LogP contribution in [0.4, 0.5) is 11.4 Å². The number of imide groups is 1. The average Bonchev–Trinajstić information content (AvgIpc) is 3.06. The van der Waals surface area contributed by atoms with Gasteiger partial charge in [-0.15, -0.1) is 0 Å². The van der Waals surface area contributed by atoms with E-state index in [1.807, 2.05) is 44.2 Å². The van der Waals surface area contributed by atoms with Crippen molar-refractivity contribution in [1.29, 1.82) is 0 Å². The normalized spacial score (nSPS) is 19.1. The number of para-hydroxylation sites is 2. The molecule has 0 saturated heterocycles. The standard InChI is InChI=1S/C28H27N3O3/c1-17-9-4-7-14-23(17)29-24-15-19(3)31(26-18(2)10-8-13-22(24)26)25(32)16-30-27(33)20-11-5-6-12-21(20)28(30)34/h4-14,19,24,29H,15-16H2,1-3H3/t19-,24+/m0/s1. The lowest BCUT2D eigenvalue weighted by molar-refractivity contribution is -0.119. The molecular weight excluding hydrogens is 426 g/mol. The average molecular weight is 454 g/mol. The van der Waals surface area contributed by atoms with Gasteiger partial charge < -0.3 is 10.2 Å². The van der Waals surface area contributed by atoms with Gasteiger partial charge in [0.2, 0.25) is 5.91 Å². The van der Waals surface area contributed by atoms with E-state index in [1.165, 1.54) is 0 Å². The van der Waals surface area contributed by atoms with Crippen molar-refractivity contribution in [2.24, 2.45) is 0 Å². The highest BCUT2D eigenvalue weighted by molar-refractivity contribution is 6.22. The smallest absolute Gasteiger partial charge is 0.262 e. The van der Waals surface area contributed by atoms with Gasteiger partial charge in [0.05, 0.1) is 22.9 Å². The predicted octanol–water partition coefficient (Wildman–Crippen LogP) is 4.88. The lowest BCUT2D eigenvalue weighted by Gasteiger charge is -2.41. The van der Waals surface area contributed by atoms with E-state index in [0.717, 1.165) is 33.0 Å². The molecule has 0 bridgehead atoms. The summed E-state index contributed by atoms with van der Waals surface area (Å²) in [7, 11) is 0. The summed E-state index contributed by atoms with van der Waals surface area (Å²) in [4.78, 5) is 42.1. The first-order chi connectivity index (χ1) is 16.4. The molecule has 0 fully saturated rings. The van der Waals surface area contributed by atoms with Crippen molar-refractivity contribution < 1.29 is 14.4 Å². The fraction of sp³-hybridized carbons (Fsp3) is 0.250. The molecule has 2 heterocycles. The number of nitrogens with zero attached hydrogens (tertiary/aromatic N) is 2. The van der Waals surface area contributed by atoms with Crippen molar-refractivity contribution in [3.05, 3.63) is 94.5 Å². The van der Waals surface area contributed by atoms with Gasteiger partial charge in [0.1, 0.15) is 6.54 Å². The van der Waals surface area contributed by atoms with Gasteiger partial charge in [-0.2, -0.15) is 0 Å². The Bertz CT molecular complexity index is 1280. The summed E-state index contributed by atoms with van der Waals surface area (Å²) in [5, 5.41) is 3.66. The van der Waals surface area contributed by atoms with E-state index in [-0.39, 0.29) is 24.5 Å². The molecule has 34 heavy (non-hydrogen) atoms. The van der Waals surface area contributed by atoms with Crippen LogP contribution >= 0.6 is 0 Å². The van der Waals surface area contributed by atoms with Gasteiger partial charge in [-0.1, -0.05) is 48.5 Å².